The summed E-state index contributed by atoms with van der Waals surface area (Å²) < 4.78 is 0. The Morgan fingerprint density at radius 3 is 2.55 bits per heavy atom. The summed E-state index contributed by atoms with van der Waals surface area (Å²) in [6, 6.07) is 7.16. The zero-order chi connectivity index (χ0) is 8.10. The van der Waals surface area contributed by atoms with Crippen molar-refractivity contribution in [3.05, 3.63) is 36.9 Å². The third kappa shape index (κ3) is 2.68. The van der Waals surface area contributed by atoms with Gasteiger partial charge >= 0.3 is 0 Å². The minimum absolute atomic E-state index is 0.313. The van der Waals surface area contributed by atoms with Gasteiger partial charge in [0, 0.05) is 10.6 Å². The average molecular weight is 166 g/mol. The lowest BCUT2D eigenvalue weighted by molar-refractivity contribution is 0.475. The van der Waals surface area contributed by atoms with Crippen molar-refractivity contribution in [2.75, 3.05) is 5.75 Å². The summed E-state index contributed by atoms with van der Waals surface area (Å²) in [5, 5.41) is 8.95. The van der Waals surface area contributed by atoms with Crippen molar-refractivity contribution < 1.29 is 5.11 Å². The Hall–Kier alpha value is -0.890. The predicted octanol–water partition coefficient (Wildman–Crippen LogP) is 2.67. The molecule has 58 valence electrons. The fourth-order valence-electron chi connectivity index (χ4n) is 0.698. The van der Waals surface area contributed by atoms with Crippen LogP contribution in [0.5, 0.6) is 5.75 Å². The third-order valence-electron chi connectivity index (χ3n) is 1.20. The molecule has 0 unspecified atom stereocenters. The van der Waals surface area contributed by atoms with Crippen LogP contribution in [-0.4, -0.2) is 10.9 Å². The van der Waals surface area contributed by atoms with Gasteiger partial charge in [0.05, 0.1) is 0 Å². The quantitative estimate of drug-likeness (QED) is 0.550. The highest BCUT2D eigenvalue weighted by Crippen LogP contribution is 2.20. The van der Waals surface area contributed by atoms with E-state index in [1.54, 1.807) is 23.9 Å². The maximum atomic E-state index is 8.95. The fraction of sp³-hybridized carbons (Fsp3) is 0.111. The van der Waals surface area contributed by atoms with Gasteiger partial charge in [-0.2, -0.15) is 0 Å². The second-order valence-electron chi connectivity index (χ2n) is 2.09. The lowest BCUT2D eigenvalue weighted by atomic mass is 10.3. The zero-order valence-corrected chi connectivity index (χ0v) is 6.97. The summed E-state index contributed by atoms with van der Waals surface area (Å²) in [6.45, 7) is 3.62. The highest BCUT2D eigenvalue weighted by molar-refractivity contribution is 7.99. The van der Waals surface area contributed by atoms with Crippen LogP contribution in [0.25, 0.3) is 0 Å². The molecule has 0 aliphatic heterocycles. The molecular formula is C9H10OS. The topological polar surface area (TPSA) is 20.2 Å². The maximum Gasteiger partial charge on any atom is 0.115 e. The third-order valence-corrected chi connectivity index (χ3v) is 2.21. The standard InChI is InChI=1S/C9H10OS/c1-2-7-11-9-5-3-8(10)4-6-9/h2-6,10H,1,7H2. The van der Waals surface area contributed by atoms with Crippen LogP contribution in [0, 0.1) is 0 Å². The molecule has 1 nitrogen and oxygen atoms in total. The highest BCUT2D eigenvalue weighted by Gasteiger charge is 1.90. The van der Waals surface area contributed by atoms with Crippen molar-refractivity contribution in [2.24, 2.45) is 0 Å². The van der Waals surface area contributed by atoms with E-state index in [9.17, 15) is 0 Å². The number of thioether (sulfide) groups is 1. The summed E-state index contributed by atoms with van der Waals surface area (Å²) in [4.78, 5) is 1.16. The zero-order valence-electron chi connectivity index (χ0n) is 6.16. The van der Waals surface area contributed by atoms with Crippen LogP contribution in [0.15, 0.2) is 41.8 Å². The molecule has 0 radical (unpaired) electrons. The van der Waals surface area contributed by atoms with Crippen molar-refractivity contribution in [1.29, 1.82) is 0 Å². The molecule has 1 aromatic carbocycles. The molecule has 0 bridgehead atoms. The summed E-state index contributed by atoms with van der Waals surface area (Å²) in [5.74, 6) is 1.22. The van der Waals surface area contributed by atoms with Crippen molar-refractivity contribution in [2.45, 2.75) is 4.90 Å². The van der Waals surface area contributed by atoms with Crippen LogP contribution >= 0.6 is 11.8 Å². The van der Waals surface area contributed by atoms with E-state index in [0.717, 1.165) is 10.6 Å². The van der Waals surface area contributed by atoms with Gasteiger partial charge in [-0.15, -0.1) is 18.3 Å². The number of phenolic OH excluding ortho intramolecular Hbond substituents is 1. The van der Waals surface area contributed by atoms with Crippen molar-refractivity contribution in [1.82, 2.24) is 0 Å². The first kappa shape index (κ1) is 8.21. The van der Waals surface area contributed by atoms with Crippen LogP contribution in [0.3, 0.4) is 0 Å². The molecule has 0 saturated heterocycles. The smallest absolute Gasteiger partial charge is 0.115 e. The summed E-state index contributed by atoms with van der Waals surface area (Å²) >= 11 is 1.70. The highest BCUT2D eigenvalue weighted by atomic mass is 32.2. The summed E-state index contributed by atoms with van der Waals surface area (Å²) in [6.07, 6.45) is 1.86. The molecule has 0 heterocycles. The first-order valence-corrected chi connectivity index (χ1v) is 4.34. The molecule has 0 fully saturated rings. The maximum absolute atomic E-state index is 8.95. The van der Waals surface area contributed by atoms with E-state index in [0.29, 0.717) is 5.75 Å². The van der Waals surface area contributed by atoms with Crippen LogP contribution in [0.2, 0.25) is 0 Å². The Bertz CT molecular complexity index is 228. The lowest BCUT2D eigenvalue weighted by Gasteiger charge is -1.96. The number of rotatable bonds is 3. The lowest BCUT2D eigenvalue weighted by Crippen LogP contribution is -1.71. The van der Waals surface area contributed by atoms with E-state index < -0.39 is 0 Å². The minimum atomic E-state index is 0.313. The van der Waals surface area contributed by atoms with Gasteiger partial charge in [0.2, 0.25) is 0 Å². The number of hydrogen-bond acceptors (Lipinski definition) is 2. The molecular weight excluding hydrogens is 156 g/mol. The minimum Gasteiger partial charge on any atom is -0.508 e. The Morgan fingerprint density at radius 2 is 2.00 bits per heavy atom. The van der Waals surface area contributed by atoms with Crippen LogP contribution in [0.4, 0.5) is 0 Å². The normalized spacial score (nSPS) is 9.45. The van der Waals surface area contributed by atoms with Gasteiger partial charge in [-0.1, -0.05) is 6.08 Å². The second-order valence-corrected chi connectivity index (χ2v) is 3.19. The Balaban J connectivity index is 2.58. The second kappa shape index (κ2) is 4.09. The van der Waals surface area contributed by atoms with E-state index in [-0.39, 0.29) is 0 Å². The molecule has 0 aliphatic carbocycles. The molecule has 0 saturated carbocycles. The molecule has 0 amide bonds. The van der Waals surface area contributed by atoms with Gasteiger partial charge in [-0.25, -0.2) is 0 Å². The van der Waals surface area contributed by atoms with Crippen molar-refractivity contribution in [3.8, 4) is 5.75 Å². The van der Waals surface area contributed by atoms with Gasteiger partial charge in [-0.05, 0) is 24.3 Å². The predicted molar refractivity (Wildman–Crippen MR) is 49.0 cm³/mol. The van der Waals surface area contributed by atoms with E-state index in [4.69, 9.17) is 5.11 Å². The molecule has 2 heteroatoms. The van der Waals surface area contributed by atoms with Gasteiger partial charge in [-0.3, -0.25) is 0 Å². The molecule has 0 atom stereocenters. The van der Waals surface area contributed by atoms with Gasteiger partial charge in [0.1, 0.15) is 5.75 Å². The number of aromatic hydroxyl groups is 1. The largest absolute Gasteiger partial charge is 0.508 e. The molecule has 1 N–H and O–H groups in total. The van der Waals surface area contributed by atoms with E-state index in [1.165, 1.54) is 0 Å². The summed E-state index contributed by atoms with van der Waals surface area (Å²) in [5.41, 5.74) is 0. The number of hydrogen-bond donors (Lipinski definition) is 1. The van der Waals surface area contributed by atoms with Crippen LogP contribution < -0.4 is 0 Å². The Morgan fingerprint density at radius 1 is 1.36 bits per heavy atom. The van der Waals surface area contributed by atoms with E-state index in [2.05, 4.69) is 6.58 Å². The van der Waals surface area contributed by atoms with Crippen molar-refractivity contribution in [3.63, 3.8) is 0 Å². The van der Waals surface area contributed by atoms with Gasteiger partial charge in [0.25, 0.3) is 0 Å². The van der Waals surface area contributed by atoms with Gasteiger partial charge in [0.15, 0.2) is 0 Å². The average Bonchev–Trinajstić information content (AvgIpc) is 2.04. The number of benzene rings is 1. The molecule has 0 aromatic heterocycles. The monoisotopic (exact) mass is 166 g/mol. The molecule has 0 spiro atoms. The SMILES string of the molecule is C=CCSc1ccc(O)cc1. The van der Waals surface area contributed by atoms with E-state index >= 15 is 0 Å². The molecule has 11 heavy (non-hydrogen) atoms. The molecule has 0 aliphatic rings. The Labute approximate surface area is 70.8 Å². The molecule has 1 aromatic rings. The molecule has 1 rings (SSSR count). The van der Waals surface area contributed by atoms with Crippen LogP contribution in [0.1, 0.15) is 0 Å². The van der Waals surface area contributed by atoms with E-state index in [1.807, 2.05) is 18.2 Å². The van der Waals surface area contributed by atoms with Crippen LogP contribution in [-0.2, 0) is 0 Å². The first-order valence-electron chi connectivity index (χ1n) is 3.35. The van der Waals surface area contributed by atoms with Gasteiger partial charge < -0.3 is 5.11 Å². The summed E-state index contributed by atoms with van der Waals surface area (Å²) in [7, 11) is 0. The first-order chi connectivity index (χ1) is 5.33. The fourth-order valence-corrected chi connectivity index (χ4v) is 1.34. The Kier molecular flexibility index (Phi) is 3.05. The van der Waals surface area contributed by atoms with Crippen molar-refractivity contribution >= 4 is 11.8 Å². The number of phenols is 1.